The van der Waals surface area contributed by atoms with Gasteiger partial charge >= 0.3 is 0 Å². The van der Waals surface area contributed by atoms with Crippen LogP contribution in [0, 0.1) is 13.8 Å². The first-order valence-electron chi connectivity index (χ1n) is 8.68. The number of fused-ring (bicyclic) bond motifs is 1. The van der Waals surface area contributed by atoms with Gasteiger partial charge in [-0.3, -0.25) is 4.79 Å². The van der Waals surface area contributed by atoms with Crippen LogP contribution in [0.25, 0.3) is 5.78 Å². The van der Waals surface area contributed by atoms with Gasteiger partial charge in [0.25, 0.3) is 11.7 Å². The number of aryl methyl sites for hydroxylation is 2. The predicted molar refractivity (Wildman–Crippen MR) is 104 cm³/mol. The van der Waals surface area contributed by atoms with Crippen molar-refractivity contribution in [2.45, 2.75) is 40.2 Å². The first-order valence-corrected chi connectivity index (χ1v) is 9.48. The fourth-order valence-electron chi connectivity index (χ4n) is 3.08. The molecule has 3 rings (SSSR count). The molecule has 0 aliphatic carbocycles. The lowest BCUT2D eigenvalue weighted by Crippen LogP contribution is -2.35. The van der Waals surface area contributed by atoms with E-state index < -0.39 is 0 Å². The monoisotopic (exact) mass is 415 g/mol. The minimum absolute atomic E-state index is 0.0968. The molecule has 0 saturated heterocycles. The predicted octanol–water partition coefficient (Wildman–Crippen LogP) is 4.12. The lowest BCUT2D eigenvalue weighted by atomic mass is 10.1. The van der Waals surface area contributed by atoms with Crippen LogP contribution < -0.4 is 0 Å². The topological polar surface area (TPSA) is 63.4 Å². The number of hydrogen-bond acceptors (Lipinski definition) is 4. The van der Waals surface area contributed by atoms with Crippen LogP contribution in [0.1, 0.15) is 53.9 Å². The molecule has 0 fully saturated rings. The van der Waals surface area contributed by atoms with E-state index in [9.17, 15) is 4.79 Å². The van der Waals surface area contributed by atoms with Gasteiger partial charge in [-0.15, -0.1) is 5.10 Å². The van der Waals surface area contributed by atoms with Crippen molar-refractivity contribution in [1.82, 2.24) is 24.5 Å². The Morgan fingerprint density at radius 3 is 2.69 bits per heavy atom. The normalized spacial score (nSPS) is 12.3. The number of hydrogen-bond donors (Lipinski definition) is 0. The number of rotatable bonds is 5. The van der Waals surface area contributed by atoms with Gasteiger partial charge in [-0.25, -0.2) is 9.50 Å². The second-order valence-corrected chi connectivity index (χ2v) is 7.24. The Labute approximate surface area is 161 Å². The minimum atomic E-state index is -0.183. The summed E-state index contributed by atoms with van der Waals surface area (Å²) in [5, 5.41) is 4.40. The highest BCUT2D eigenvalue weighted by atomic mass is 79.9. The summed E-state index contributed by atoms with van der Waals surface area (Å²) in [7, 11) is 0. The molecule has 1 amide bonds. The summed E-state index contributed by atoms with van der Waals surface area (Å²) in [4.78, 5) is 23.7. The first-order chi connectivity index (χ1) is 12.4. The van der Waals surface area contributed by atoms with Gasteiger partial charge < -0.3 is 4.90 Å². The smallest absolute Gasteiger partial charge is 0.294 e. The fourth-order valence-corrected chi connectivity index (χ4v) is 3.70. The summed E-state index contributed by atoms with van der Waals surface area (Å²) in [6.07, 6.45) is 0.851. The van der Waals surface area contributed by atoms with Gasteiger partial charge in [-0.05, 0) is 44.9 Å². The van der Waals surface area contributed by atoms with Crippen molar-refractivity contribution in [2.75, 3.05) is 6.54 Å². The Bertz CT molecular complexity index is 952. The number of aromatic nitrogens is 4. The molecule has 0 aliphatic rings. The van der Waals surface area contributed by atoms with Crippen molar-refractivity contribution in [3.63, 3.8) is 0 Å². The van der Waals surface area contributed by atoms with Gasteiger partial charge in [0.2, 0.25) is 5.82 Å². The zero-order chi connectivity index (χ0) is 18.8. The summed E-state index contributed by atoms with van der Waals surface area (Å²) in [6, 6.07) is 9.78. The third kappa shape index (κ3) is 3.49. The van der Waals surface area contributed by atoms with Gasteiger partial charge in [0.15, 0.2) is 0 Å². The van der Waals surface area contributed by atoms with Gasteiger partial charge in [-0.2, -0.15) is 4.98 Å². The van der Waals surface area contributed by atoms with E-state index in [2.05, 4.69) is 37.9 Å². The highest BCUT2D eigenvalue weighted by Crippen LogP contribution is 2.28. The maximum absolute atomic E-state index is 13.2. The molecule has 0 radical (unpaired) electrons. The number of nitrogens with zero attached hydrogens (tertiary/aromatic N) is 5. The van der Waals surface area contributed by atoms with Crippen LogP contribution in [-0.4, -0.2) is 36.9 Å². The van der Waals surface area contributed by atoms with E-state index in [1.165, 1.54) is 0 Å². The Morgan fingerprint density at radius 2 is 2.00 bits per heavy atom. The molecule has 0 spiro atoms. The molecule has 7 heteroatoms. The summed E-state index contributed by atoms with van der Waals surface area (Å²) < 4.78 is 2.60. The SMILES string of the molecule is CCCN(C(=O)c1nc2nc(C)cc(C)n2n1)C(C)c1ccccc1Br. The molecule has 3 aromatic rings. The van der Waals surface area contributed by atoms with E-state index in [0.717, 1.165) is 27.8 Å². The molecule has 0 N–H and O–H groups in total. The Kier molecular flexibility index (Phi) is 5.36. The lowest BCUT2D eigenvalue weighted by molar-refractivity contribution is 0.0677. The molecule has 1 atom stereocenters. The summed E-state index contributed by atoms with van der Waals surface area (Å²) in [6.45, 7) is 8.54. The molecule has 1 aromatic carbocycles. The maximum Gasteiger partial charge on any atom is 0.294 e. The molecule has 136 valence electrons. The summed E-state index contributed by atoms with van der Waals surface area (Å²) >= 11 is 3.58. The van der Waals surface area contributed by atoms with Crippen LogP contribution in [0.5, 0.6) is 0 Å². The molecular weight excluding hydrogens is 394 g/mol. The van der Waals surface area contributed by atoms with E-state index in [1.807, 2.05) is 56.0 Å². The maximum atomic E-state index is 13.2. The van der Waals surface area contributed by atoms with E-state index in [1.54, 1.807) is 4.52 Å². The third-order valence-electron chi connectivity index (χ3n) is 4.36. The van der Waals surface area contributed by atoms with Crippen LogP contribution in [0.4, 0.5) is 0 Å². The summed E-state index contributed by atoms with van der Waals surface area (Å²) in [5.74, 6) is 0.451. The zero-order valence-electron chi connectivity index (χ0n) is 15.4. The minimum Gasteiger partial charge on any atom is -0.329 e. The number of benzene rings is 1. The zero-order valence-corrected chi connectivity index (χ0v) is 17.0. The third-order valence-corrected chi connectivity index (χ3v) is 5.08. The Hall–Kier alpha value is -2.28. The number of carbonyl (C=O) groups excluding carboxylic acids is 1. The van der Waals surface area contributed by atoms with Crippen LogP contribution in [0.2, 0.25) is 0 Å². The van der Waals surface area contributed by atoms with Gasteiger partial charge in [0.05, 0.1) is 6.04 Å². The van der Waals surface area contributed by atoms with E-state index >= 15 is 0 Å². The average Bonchev–Trinajstić information content (AvgIpc) is 3.03. The number of halogens is 1. The quantitative estimate of drug-likeness (QED) is 0.628. The highest BCUT2D eigenvalue weighted by molar-refractivity contribution is 9.10. The first kappa shape index (κ1) is 18.5. The molecule has 2 aromatic heterocycles. The molecule has 1 unspecified atom stereocenters. The van der Waals surface area contributed by atoms with Crippen LogP contribution >= 0.6 is 15.9 Å². The molecule has 6 nitrogen and oxygen atoms in total. The molecule has 0 saturated carbocycles. The van der Waals surface area contributed by atoms with E-state index in [0.29, 0.717) is 12.3 Å². The second-order valence-electron chi connectivity index (χ2n) is 6.38. The van der Waals surface area contributed by atoms with Gasteiger partial charge in [0, 0.05) is 22.4 Å². The standard InChI is InChI=1S/C19H22BrN5O/c1-5-10-24(14(4)15-8-6-7-9-16(15)20)18(26)17-22-19-21-12(2)11-13(3)25(19)23-17/h6-9,11,14H,5,10H2,1-4H3. The fraction of sp³-hybridized carbons (Fsp3) is 0.368. The second kappa shape index (κ2) is 7.53. The van der Waals surface area contributed by atoms with Gasteiger partial charge in [0.1, 0.15) is 0 Å². The van der Waals surface area contributed by atoms with Crippen LogP contribution in [0.3, 0.4) is 0 Å². The number of amides is 1. The molecular formula is C19H22BrN5O. The Balaban J connectivity index is 1.99. The lowest BCUT2D eigenvalue weighted by Gasteiger charge is -2.29. The average molecular weight is 416 g/mol. The Morgan fingerprint density at radius 1 is 1.27 bits per heavy atom. The van der Waals surface area contributed by atoms with Crippen molar-refractivity contribution in [3.8, 4) is 0 Å². The highest BCUT2D eigenvalue weighted by Gasteiger charge is 2.27. The van der Waals surface area contributed by atoms with Crippen molar-refractivity contribution < 1.29 is 4.79 Å². The summed E-state index contributed by atoms with van der Waals surface area (Å²) in [5.41, 5.74) is 2.82. The van der Waals surface area contributed by atoms with Crippen LogP contribution in [-0.2, 0) is 0 Å². The van der Waals surface area contributed by atoms with E-state index in [-0.39, 0.29) is 17.8 Å². The molecule has 0 bridgehead atoms. The molecule has 0 aliphatic heterocycles. The van der Waals surface area contributed by atoms with Crippen LogP contribution in [0.15, 0.2) is 34.8 Å². The molecule has 2 heterocycles. The van der Waals surface area contributed by atoms with Crippen molar-refractivity contribution in [1.29, 1.82) is 0 Å². The van der Waals surface area contributed by atoms with Gasteiger partial charge in [-0.1, -0.05) is 41.1 Å². The number of carbonyl (C=O) groups is 1. The largest absolute Gasteiger partial charge is 0.329 e. The van der Waals surface area contributed by atoms with Crippen molar-refractivity contribution in [2.24, 2.45) is 0 Å². The molecule has 26 heavy (non-hydrogen) atoms. The van der Waals surface area contributed by atoms with Crippen molar-refractivity contribution >= 4 is 27.6 Å². The van der Waals surface area contributed by atoms with Crippen molar-refractivity contribution in [3.05, 3.63) is 57.6 Å². The van der Waals surface area contributed by atoms with E-state index in [4.69, 9.17) is 0 Å².